The van der Waals surface area contributed by atoms with E-state index in [1.807, 2.05) is 30.3 Å². The summed E-state index contributed by atoms with van der Waals surface area (Å²) in [7, 11) is -2.61. The van der Waals surface area contributed by atoms with Crippen molar-refractivity contribution in [2.45, 2.75) is 11.3 Å². The van der Waals surface area contributed by atoms with Crippen molar-refractivity contribution < 1.29 is 22.0 Å². The molecule has 0 spiro atoms. The standard InChI is InChI=1S/C23H19FN2O4S/c1-29-16-11-12-17(19(24)14-16)22-23(18-9-5-6-10-20(18)31(25,27)28)30-21(26-22)13-15-7-3-2-4-8-15/h2-12,14H,13H2,1H3,(H2,25,27,28). The topological polar surface area (TPSA) is 95.4 Å². The molecule has 2 N–H and O–H groups in total. The minimum Gasteiger partial charge on any atom is -0.497 e. The molecule has 0 bridgehead atoms. The van der Waals surface area contributed by atoms with Gasteiger partial charge in [-0.05, 0) is 29.8 Å². The van der Waals surface area contributed by atoms with Crippen molar-refractivity contribution in [2.75, 3.05) is 7.11 Å². The minimum atomic E-state index is -4.05. The number of nitrogens with two attached hydrogens (primary N) is 1. The monoisotopic (exact) mass is 438 g/mol. The molecule has 0 aliphatic heterocycles. The summed E-state index contributed by atoms with van der Waals surface area (Å²) in [4.78, 5) is 4.38. The van der Waals surface area contributed by atoms with Crippen molar-refractivity contribution in [1.29, 1.82) is 0 Å². The number of benzene rings is 3. The molecular formula is C23H19FN2O4S. The number of rotatable bonds is 6. The Morgan fingerprint density at radius 3 is 2.39 bits per heavy atom. The van der Waals surface area contributed by atoms with Crippen molar-refractivity contribution in [3.63, 3.8) is 0 Å². The number of ether oxygens (including phenoxy) is 1. The van der Waals surface area contributed by atoms with E-state index in [4.69, 9.17) is 14.3 Å². The maximum absolute atomic E-state index is 14.9. The van der Waals surface area contributed by atoms with Crippen molar-refractivity contribution >= 4 is 10.0 Å². The predicted molar refractivity (Wildman–Crippen MR) is 115 cm³/mol. The summed E-state index contributed by atoms with van der Waals surface area (Å²) in [6.07, 6.45) is 0.350. The van der Waals surface area contributed by atoms with E-state index in [0.717, 1.165) is 5.56 Å². The third-order valence-corrected chi connectivity index (χ3v) is 5.71. The largest absolute Gasteiger partial charge is 0.497 e. The Balaban J connectivity index is 1.92. The highest BCUT2D eigenvalue weighted by Crippen LogP contribution is 2.38. The molecule has 0 aliphatic carbocycles. The molecule has 1 heterocycles. The van der Waals surface area contributed by atoms with Crippen LogP contribution in [0.3, 0.4) is 0 Å². The number of aromatic nitrogens is 1. The predicted octanol–water partition coefficient (Wildman–Crippen LogP) is 4.39. The van der Waals surface area contributed by atoms with Crippen LogP contribution in [0.2, 0.25) is 0 Å². The lowest BCUT2D eigenvalue weighted by atomic mass is 10.1. The zero-order valence-electron chi connectivity index (χ0n) is 16.6. The molecule has 8 heteroatoms. The van der Waals surface area contributed by atoms with Gasteiger partial charge < -0.3 is 9.15 Å². The van der Waals surface area contributed by atoms with Crippen molar-refractivity contribution in [1.82, 2.24) is 4.98 Å². The smallest absolute Gasteiger partial charge is 0.238 e. The van der Waals surface area contributed by atoms with Gasteiger partial charge in [0.1, 0.15) is 17.3 Å². The molecule has 3 aromatic carbocycles. The van der Waals surface area contributed by atoms with Crippen LogP contribution in [0.15, 0.2) is 82.1 Å². The van der Waals surface area contributed by atoms with E-state index >= 15 is 0 Å². The van der Waals surface area contributed by atoms with Crippen LogP contribution >= 0.6 is 0 Å². The van der Waals surface area contributed by atoms with Crippen LogP contribution < -0.4 is 9.88 Å². The summed E-state index contributed by atoms with van der Waals surface area (Å²) in [5.41, 5.74) is 1.49. The van der Waals surface area contributed by atoms with E-state index in [0.29, 0.717) is 18.1 Å². The molecule has 4 rings (SSSR count). The second kappa shape index (κ2) is 8.33. The van der Waals surface area contributed by atoms with Crippen LogP contribution in [0.4, 0.5) is 4.39 Å². The normalized spacial score (nSPS) is 11.5. The molecule has 0 saturated heterocycles. The third-order valence-electron chi connectivity index (χ3n) is 4.74. The summed E-state index contributed by atoms with van der Waals surface area (Å²) in [5.74, 6) is 0.212. The van der Waals surface area contributed by atoms with Crippen LogP contribution in [0, 0.1) is 5.82 Å². The van der Waals surface area contributed by atoms with E-state index in [1.54, 1.807) is 24.3 Å². The Kier molecular flexibility index (Phi) is 5.58. The Morgan fingerprint density at radius 1 is 1.00 bits per heavy atom. The summed E-state index contributed by atoms with van der Waals surface area (Å²) in [6, 6.07) is 20.0. The number of hydrogen-bond donors (Lipinski definition) is 1. The van der Waals surface area contributed by atoms with E-state index in [-0.39, 0.29) is 27.5 Å². The van der Waals surface area contributed by atoms with Crippen molar-refractivity contribution in [3.8, 4) is 28.3 Å². The zero-order valence-corrected chi connectivity index (χ0v) is 17.4. The van der Waals surface area contributed by atoms with Crippen molar-refractivity contribution in [2.24, 2.45) is 5.14 Å². The molecule has 158 valence electrons. The van der Waals surface area contributed by atoms with Crippen molar-refractivity contribution in [3.05, 3.63) is 90.1 Å². The molecule has 0 saturated carbocycles. The van der Waals surface area contributed by atoms with E-state index in [9.17, 15) is 12.8 Å². The molecule has 0 unspecified atom stereocenters. The summed E-state index contributed by atoms with van der Waals surface area (Å²) in [6.45, 7) is 0. The Hall–Kier alpha value is -3.49. The quantitative estimate of drug-likeness (QED) is 0.482. The second-order valence-corrected chi connectivity index (χ2v) is 8.36. The van der Waals surface area contributed by atoms with E-state index in [2.05, 4.69) is 4.98 Å². The zero-order chi connectivity index (χ0) is 22.0. The molecule has 0 aliphatic rings. The highest BCUT2D eigenvalue weighted by atomic mass is 32.2. The second-order valence-electron chi connectivity index (χ2n) is 6.83. The van der Waals surface area contributed by atoms with Crippen LogP contribution in [0.25, 0.3) is 22.6 Å². The molecule has 0 atom stereocenters. The molecule has 1 aromatic heterocycles. The lowest BCUT2D eigenvalue weighted by Crippen LogP contribution is -2.13. The van der Waals surface area contributed by atoms with Crippen LogP contribution in [-0.2, 0) is 16.4 Å². The molecule has 0 radical (unpaired) electrons. The first kappa shape index (κ1) is 20.8. The van der Waals surface area contributed by atoms with Gasteiger partial charge in [0.05, 0.1) is 12.0 Å². The van der Waals surface area contributed by atoms with Crippen LogP contribution in [0.1, 0.15) is 11.5 Å². The summed E-state index contributed by atoms with van der Waals surface area (Å²) < 4.78 is 50.2. The van der Waals surface area contributed by atoms with Gasteiger partial charge in [0.25, 0.3) is 0 Å². The number of hydrogen-bond acceptors (Lipinski definition) is 5. The summed E-state index contributed by atoms with van der Waals surface area (Å²) in [5, 5.41) is 5.40. The lowest BCUT2D eigenvalue weighted by molar-refractivity contribution is 0.411. The fraction of sp³-hybridized carbons (Fsp3) is 0.0870. The van der Waals surface area contributed by atoms with Gasteiger partial charge in [-0.1, -0.05) is 42.5 Å². The van der Waals surface area contributed by atoms with Gasteiger partial charge in [-0.2, -0.15) is 0 Å². The van der Waals surface area contributed by atoms with E-state index < -0.39 is 15.8 Å². The molecule has 6 nitrogen and oxygen atoms in total. The Bertz CT molecular complexity index is 1330. The van der Waals surface area contributed by atoms with Gasteiger partial charge in [-0.25, -0.2) is 22.9 Å². The Morgan fingerprint density at radius 2 is 1.71 bits per heavy atom. The Labute approximate surface area is 179 Å². The fourth-order valence-electron chi connectivity index (χ4n) is 3.29. The number of sulfonamides is 1. The molecule has 4 aromatic rings. The first-order chi connectivity index (χ1) is 14.9. The summed E-state index contributed by atoms with van der Waals surface area (Å²) >= 11 is 0. The fourth-order valence-corrected chi connectivity index (χ4v) is 4.03. The molecular weight excluding hydrogens is 419 g/mol. The maximum atomic E-state index is 14.9. The highest BCUT2D eigenvalue weighted by Gasteiger charge is 2.25. The van der Waals surface area contributed by atoms with Gasteiger partial charge in [-0.15, -0.1) is 0 Å². The number of primary sulfonamides is 1. The number of methoxy groups -OCH3 is 1. The van der Waals surface area contributed by atoms with Gasteiger partial charge in [0.15, 0.2) is 11.7 Å². The maximum Gasteiger partial charge on any atom is 0.238 e. The number of oxazole rings is 1. The lowest BCUT2D eigenvalue weighted by Gasteiger charge is -2.08. The number of halogens is 1. The van der Waals surface area contributed by atoms with Crippen LogP contribution in [0.5, 0.6) is 5.75 Å². The third kappa shape index (κ3) is 4.35. The van der Waals surface area contributed by atoms with Crippen LogP contribution in [-0.4, -0.2) is 20.5 Å². The van der Waals surface area contributed by atoms with Gasteiger partial charge in [0, 0.05) is 23.6 Å². The molecule has 0 amide bonds. The SMILES string of the molecule is COc1ccc(-c2nc(Cc3ccccc3)oc2-c2ccccc2S(N)(=O)=O)c(F)c1. The average Bonchev–Trinajstić information content (AvgIpc) is 3.17. The average molecular weight is 438 g/mol. The van der Waals surface area contributed by atoms with E-state index in [1.165, 1.54) is 25.3 Å². The van der Waals surface area contributed by atoms with Gasteiger partial charge in [0.2, 0.25) is 10.0 Å². The first-order valence-electron chi connectivity index (χ1n) is 9.36. The molecule has 31 heavy (non-hydrogen) atoms. The number of nitrogens with zero attached hydrogens (tertiary/aromatic N) is 1. The van der Waals surface area contributed by atoms with Gasteiger partial charge in [-0.3, -0.25) is 0 Å². The molecule has 0 fully saturated rings. The highest BCUT2D eigenvalue weighted by molar-refractivity contribution is 7.89. The van der Waals surface area contributed by atoms with Gasteiger partial charge >= 0.3 is 0 Å². The minimum absolute atomic E-state index is 0.125. The first-order valence-corrected chi connectivity index (χ1v) is 10.9.